The van der Waals surface area contributed by atoms with Crippen LogP contribution in [-0.4, -0.2) is 21.5 Å². The zero-order valence-electron chi connectivity index (χ0n) is 19.9. The zero-order valence-corrected chi connectivity index (χ0v) is 19.9. The molecule has 4 rings (SSSR count). The van der Waals surface area contributed by atoms with E-state index in [2.05, 4.69) is 15.3 Å². The van der Waals surface area contributed by atoms with Gasteiger partial charge in [0.1, 0.15) is 17.1 Å². The van der Waals surface area contributed by atoms with Crippen LogP contribution in [0, 0.1) is 6.92 Å². The van der Waals surface area contributed by atoms with Gasteiger partial charge in [0, 0.05) is 35.4 Å². The lowest BCUT2D eigenvalue weighted by Crippen LogP contribution is -2.24. The summed E-state index contributed by atoms with van der Waals surface area (Å²) in [6.07, 6.45) is 3.29. The molecular formula is C27H27N3O4. The minimum absolute atomic E-state index is 0.152. The van der Waals surface area contributed by atoms with Gasteiger partial charge in [-0.1, -0.05) is 12.1 Å². The van der Waals surface area contributed by atoms with Gasteiger partial charge in [0.25, 0.3) is 0 Å². The second kappa shape index (κ2) is 9.09. The van der Waals surface area contributed by atoms with E-state index in [9.17, 15) is 9.59 Å². The zero-order chi connectivity index (χ0) is 24.5. The Morgan fingerprint density at radius 1 is 1.09 bits per heavy atom. The van der Waals surface area contributed by atoms with Crippen molar-refractivity contribution >= 4 is 22.6 Å². The highest BCUT2D eigenvalue weighted by Crippen LogP contribution is 2.30. The third kappa shape index (κ3) is 4.98. The molecule has 0 radical (unpaired) electrons. The van der Waals surface area contributed by atoms with Gasteiger partial charge in [-0.2, -0.15) is 0 Å². The van der Waals surface area contributed by atoms with Crippen LogP contribution in [-0.2, 0) is 4.74 Å². The Morgan fingerprint density at radius 2 is 1.79 bits per heavy atom. The third-order valence-electron chi connectivity index (χ3n) is 5.16. The lowest BCUT2D eigenvalue weighted by Gasteiger charge is -2.22. The fourth-order valence-corrected chi connectivity index (χ4v) is 3.69. The fourth-order valence-electron chi connectivity index (χ4n) is 3.69. The predicted octanol–water partition coefficient (Wildman–Crippen LogP) is 5.69. The average Bonchev–Trinajstić information content (AvgIpc) is 2.78. The van der Waals surface area contributed by atoms with Crippen molar-refractivity contribution in [3.8, 4) is 11.3 Å². The van der Waals surface area contributed by atoms with Gasteiger partial charge < -0.3 is 14.5 Å². The van der Waals surface area contributed by atoms with Gasteiger partial charge in [0.15, 0.2) is 11.0 Å². The highest BCUT2D eigenvalue weighted by atomic mass is 16.6. The number of benzene rings is 1. The Kier molecular flexibility index (Phi) is 6.20. The Bertz CT molecular complexity index is 1410. The third-order valence-corrected chi connectivity index (χ3v) is 5.16. The van der Waals surface area contributed by atoms with E-state index in [-0.39, 0.29) is 11.5 Å². The van der Waals surface area contributed by atoms with Gasteiger partial charge in [0.2, 0.25) is 0 Å². The van der Waals surface area contributed by atoms with Crippen molar-refractivity contribution in [1.82, 2.24) is 9.97 Å². The van der Waals surface area contributed by atoms with Gasteiger partial charge in [-0.15, -0.1) is 0 Å². The van der Waals surface area contributed by atoms with Crippen molar-refractivity contribution in [3.05, 3.63) is 88.1 Å². The van der Waals surface area contributed by atoms with Crippen LogP contribution in [0.15, 0.2) is 70.1 Å². The van der Waals surface area contributed by atoms with E-state index in [0.29, 0.717) is 39.4 Å². The molecule has 0 unspecified atom stereocenters. The van der Waals surface area contributed by atoms with Crippen LogP contribution in [0.4, 0.5) is 5.69 Å². The summed E-state index contributed by atoms with van der Waals surface area (Å²) >= 11 is 0. The number of rotatable bonds is 5. The number of carbonyl (C=O) groups excluding carboxylic acids is 1. The first kappa shape index (κ1) is 23.2. The number of aryl methyl sites for hydroxylation is 1. The van der Waals surface area contributed by atoms with E-state index in [0.717, 1.165) is 5.56 Å². The Hall–Kier alpha value is -4.00. The fraction of sp³-hybridized carbons (Fsp3) is 0.259. The minimum atomic E-state index is -0.614. The summed E-state index contributed by atoms with van der Waals surface area (Å²) in [5, 5.41) is 3.81. The number of nitrogens with one attached hydrogen (secondary N) is 1. The van der Waals surface area contributed by atoms with Gasteiger partial charge in [-0.3, -0.25) is 14.8 Å². The molecular weight excluding hydrogens is 430 g/mol. The van der Waals surface area contributed by atoms with Gasteiger partial charge in [-0.25, -0.2) is 4.79 Å². The predicted molar refractivity (Wildman–Crippen MR) is 132 cm³/mol. The number of carbonyl (C=O) groups is 1. The number of aromatic nitrogens is 2. The number of nitrogens with zero attached hydrogens (tertiary/aromatic N) is 2. The van der Waals surface area contributed by atoms with Crippen molar-refractivity contribution in [2.45, 2.75) is 46.3 Å². The largest absolute Gasteiger partial charge is 0.456 e. The minimum Gasteiger partial charge on any atom is -0.456 e. The smallest absolute Gasteiger partial charge is 0.340 e. The summed E-state index contributed by atoms with van der Waals surface area (Å²) in [7, 11) is 0. The number of para-hydroxylation sites is 1. The molecule has 174 valence electrons. The topological polar surface area (TPSA) is 94.3 Å². The maximum atomic E-state index is 12.9. The maximum absolute atomic E-state index is 12.9. The molecule has 0 fully saturated rings. The maximum Gasteiger partial charge on any atom is 0.340 e. The molecule has 1 N–H and O–H groups in total. The van der Waals surface area contributed by atoms with Crippen LogP contribution in [0.5, 0.6) is 0 Å². The number of fused-ring (bicyclic) bond motifs is 1. The number of anilines is 1. The molecule has 7 nitrogen and oxygen atoms in total. The van der Waals surface area contributed by atoms with E-state index in [1.54, 1.807) is 42.7 Å². The average molecular weight is 458 g/mol. The van der Waals surface area contributed by atoms with Crippen molar-refractivity contribution in [3.63, 3.8) is 0 Å². The molecule has 1 aromatic carbocycles. The molecule has 0 aliphatic heterocycles. The standard InChI is InChI=1S/C27H27N3O4/c1-16-14-20-22(31)15-23(18-10-12-28-13-11-18)33-25(20)24(29-16)17(2)30-21-9-7-6-8-19(21)26(32)34-27(3,4)5/h6-15,17,30H,1-5H3/t17-/m1/s1. The highest BCUT2D eigenvalue weighted by Gasteiger charge is 2.23. The van der Waals surface area contributed by atoms with Crippen LogP contribution in [0.25, 0.3) is 22.3 Å². The lowest BCUT2D eigenvalue weighted by molar-refractivity contribution is 0.00706. The normalized spacial score (nSPS) is 12.4. The van der Waals surface area contributed by atoms with Crippen molar-refractivity contribution in [2.24, 2.45) is 0 Å². The van der Waals surface area contributed by atoms with Crippen molar-refractivity contribution in [2.75, 3.05) is 5.32 Å². The molecule has 4 aromatic rings. The SMILES string of the molecule is Cc1cc2c(=O)cc(-c3ccncc3)oc2c([C@@H](C)Nc2ccccc2C(=O)OC(C)(C)C)n1. The molecule has 0 saturated heterocycles. The number of esters is 1. The Balaban J connectivity index is 1.77. The van der Waals surface area contributed by atoms with E-state index >= 15 is 0 Å². The Labute approximate surface area is 197 Å². The molecule has 0 saturated carbocycles. The Morgan fingerprint density at radius 3 is 2.50 bits per heavy atom. The highest BCUT2D eigenvalue weighted by molar-refractivity contribution is 5.96. The van der Waals surface area contributed by atoms with Crippen LogP contribution in [0.1, 0.15) is 55.5 Å². The number of hydrogen-bond acceptors (Lipinski definition) is 7. The van der Waals surface area contributed by atoms with Crippen LogP contribution in [0.2, 0.25) is 0 Å². The quantitative estimate of drug-likeness (QED) is 0.385. The molecule has 3 aromatic heterocycles. The summed E-state index contributed by atoms with van der Waals surface area (Å²) in [6, 6.07) is 13.6. The molecule has 34 heavy (non-hydrogen) atoms. The number of ether oxygens (including phenoxy) is 1. The van der Waals surface area contributed by atoms with Crippen LogP contribution in [0.3, 0.4) is 0 Å². The second-order valence-electron chi connectivity index (χ2n) is 9.15. The lowest BCUT2D eigenvalue weighted by atomic mass is 10.1. The van der Waals surface area contributed by atoms with E-state index < -0.39 is 11.6 Å². The number of pyridine rings is 2. The van der Waals surface area contributed by atoms with Gasteiger partial charge >= 0.3 is 5.97 Å². The molecule has 0 aliphatic rings. The summed E-state index contributed by atoms with van der Waals surface area (Å²) in [5.41, 5.74) is 2.67. The van der Waals surface area contributed by atoms with Crippen LogP contribution < -0.4 is 10.7 Å². The molecule has 0 amide bonds. The summed E-state index contributed by atoms with van der Waals surface area (Å²) in [5.74, 6) is 0.0181. The molecule has 1 atom stereocenters. The molecule has 7 heteroatoms. The van der Waals surface area contributed by atoms with Crippen molar-refractivity contribution in [1.29, 1.82) is 0 Å². The monoisotopic (exact) mass is 457 g/mol. The van der Waals surface area contributed by atoms with Crippen LogP contribution >= 0.6 is 0 Å². The first-order valence-corrected chi connectivity index (χ1v) is 11.1. The molecule has 0 bridgehead atoms. The van der Waals surface area contributed by atoms with Gasteiger partial charge in [0.05, 0.1) is 17.0 Å². The molecule has 0 spiro atoms. The first-order chi connectivity index (χ1) is 16.1. The summed E-state index contributed by atoms with van der Waals surface area (Å²) < 4.78 is 11.8. The van der Waals surface area contributed by atoms with E-state index in [1.165, 1.54) is 6.07 Å². The summed E-state index contributed by atoms with van der Waals surface area (Å²) in [6.45, 7) is 9.23. The first-order valence-electron chi connectivity index (χ1n) is 11.1. The van der Waals surface area contributed by atoms with Gasteiger partial charge in [-0.05, 0) is 65.0 Å². The summed E-state index contributed by atoms with van der Waals surface area (Å²) in [4.78, 5) is 34.4. The number of hydrogen-bond donors (Lipinski definition) is 1. The van der Waals surface area contributed by atoms with E-state index in [1.807, 2.05) is 46.8 Å². The molecule has 0 aliphatic carbocycles. The van der Waals surface area contributed by atoms with E-state index in [4.69, 9.17) is 9.15 Å². The van der Waals surface area contributed by atoms with Crippen molar-refractivity contribution < 1.29 is 13.9 Å². The second-order valence-corrected chi connectivity index (χ2v) is 9.15. The molecule has 3 heterocycles.